The van der Waals surface area contributed by atoms with Crippen molar-refractivity contribution in [2.45, 2.75) is 19.4 Å². The van der Waals surface area contributed by atoms with E-state index >= 15 is 0 Å². The maximum absolute atomic E-state index is 11.3. The Balaban J connectivity index is 2.18. The normalized spacial score (nSPS) is 20.6. The van der Waals surface area contributed by atoms with Crippen LogP contribution in [0.15, 0.2) is 0 Å². The Morgan fingerprint density at radius 1 is 1.50 bits per heavy atom. The minimum absolute atomic E-state index is 0.330. The molecule has 1 saturated heterocycles. The van der Waals surface area contributed by atoms with Crippen LogP contribution in [0.3, 0.4) is 0 Å². The van der Waals surface area contributed by atoms with Crippen molar-refractivity contribution >= 4 is 16.8 Å². The average Bonchev–Trinajstić information content (AvgIpc) is 2.28. The quantitative estimate of drug-likeness (QED) is 0.653. The summed E-state index contributed by atoms with van der Waals surface area (Å²) in [7, 11) is -0.652. The largest absolute Gasteiger partial charge is 0.465 e. The Kier molecular flexibility index (Phi) is 5.94. The van der Waals surface area contributed by atoms with Gasteiger partial charge in [-0.1, -0.05) is 0 Å². The van der Waals surface area contributed by atoms with Gasteiger partial charge in [-0.25, -0.2) is 0 Å². The third-order valence-electron chi connectivity index (χ3n) is 2.62. The molecule has 1 atom stereocenters. The first kappa shape index (κ1) is 13.6. The molecule has 94 valence electrons. The first-order valence-electron chi connectivity index (χ1n) is 5.63. The molecular weight excluding hydrogens is 228 g/mol. The summed E-state index contributed by atoms with van der Waals surface area (Å²) in [6, 6.07) is -0.535. The number of hydrogen-bond acceptors (Lipinski definition) is 5. The molecular formula is C10H20N2O3S. The monoisotopic (exact) mass is 248 g/mol. The van der Waals surface area contributed by atoms with Crippen LogP contribution in [-0.2, 0) is 20.3 Å². The van der Waals surface area contributed by atoms with E-state index in [2.05, 4.69) is 4.90 Å². The molecule has 1 heterocycles. The van der Waals surface area contributed by atoms with Crippen molar-refractivity contribution in [1.29, 1.82) is 0 Å². The fourth-order valence-corrected chi connectivity index (χ4v) is 2.72. The fourth-order valence-electron chi connectivity index (χ4n) is 1.59. The van der Waals surface area contributed by atoms with Crippen molar-refractivity contribution in [3.05, 3.63) is 0 Å². The van der Waals surface area contributed by atoms with Crippen LogP contribution in [0.2, 0.25) is 0 Å². The molecule has 0 spiro atoms. The summed E-state index contributed by atoms with van der Waals surface area (Å²) in [5, 5.41) is 0. The van der Waals surface area contributed by atoms with Crippen LogP contribution < -0.4 is 5.73 Å². The van der Waals surface area contributed by atoms with Gasteiger partial charge in [-0.15, -0.1) is 0 Å². The second-order valence-electron chi connectivity index (χ2n) is 3.84. The van der Waals surface area contributed by atoms with E-state index in [9.17, 15) is 9.00 Å². The third-order valence-corrected chi connectivity index (χ3v) is 3.89. The molecule has 1 fully saturated rings. The highest BCUT2D eigenvalue weighted by atomic mass is 32.2. The highest BCUT2D eigenvalue weighted by Gasteiger charge is 2.19. The van der Waals surface area contributed by atoms with Crippen LogP contribution in [0.1, 0.15) is 13.3 Å². The van der Waals surface area contributed by atoms with Crippen LogP contribution in [0, 0.1) is 0 Å². The zero-order chi connectivity index (χ0) is 12.0. The Hall–Kier alpha value is -0.460. The van der Waals surface area contributed by atoms with Crippen LogP contribution in [0.25, 0.3) is 0 Å². The number of nitrogens with two attached hydrogens (primary N) is 1. The van der Waals surface area contributed by atoms with Crippen LogP contribution >= 0.6 is 0 Å². The molecule has 2 N–H and O–H groups in total. The van der Waals surface area contributed by atoms with Gasteiger partial charge in [-0.05, 0) is 13.3 Å². The lowest BCUT2D eigenvalue weighted by atomic mass is 10.2. The first-order valence-corrected chi connectivity index (χ1v) is 7.12. The van der Waals surface area contributed by atoms with Crippen molar-refractivity contribution < 1.29 is 13.7 Å². The van der Waals surface area contributed by atoms with Crippen molar-refractivity contribution in [2.24, 2.45) is 5.73 Å². The number of carbonyl (C=O) groups excluding carboxylic acids is 1. The van der Waals surface area contributed by atoms with Gasteiger partial charge in [-0.3, -0.25) is 9.00 Å². The van der Waals surface area contributed by atoms with Crippen LogP contribution in [0.4, 0.5) is 0 Å². The van der Waals surface area contributed by atoms with Gasteiger partial charge in [0.15, 0.2) is 0 Å². The molecule has 0 radical (unpaired) electrons. The summed E-state index contributed by atoms with van der Waals surface area (Å²) in [5.74, 6) is 1.13. The van der Waals surface area contributed by atoms with Crippen molar-refractivity contribution in [2.75, 3.05) is 37.7 Å². The highest BCUT2D eigenvalue weighted by molar-refractivity contribution is 7.85. The van der Waals surface area contributed by atoms with Gasteiger partial charge in [0.25, 0.3) is 0 Å². The standard InChI is InChI=1S/C10H20N2O3S/c1-2-15-10(13)9(11)3-4-12-5-7-16(14)8-6-12/h9H,2-8,11H2,1H3. The molecule has 0 bridgehead atoms. The molecule has 16 heavy (non-hydrogen) atoms. The smallest absolute Gasteiger partial charge is 0.322 e. The average molecular weight is 248 g/mol. The summed E-state index contributed by atoms with van der Waals surface area (Å²) >= 11 is 0. The predicted octanol–water partition coefficient (Wildman–Crippen LogP) is -0.669. The van der Waals surface area contributed by atoms with Crippen LogP contribution in [0.5, 0.6) is 0 Å². The number of nitrogens with zero attached hydrogens (tertiary/aromatic N) is 1. The number of ether oxygens (including phenoxy) is 1. The molecule has 1 rings (SSSR count). The number of carbonyl (C=O) groups is 1. The summed E-state index contributed by atoms with van der Waals surface area (Å²) in [4.78, 5) is 13.4. The topological polar surface area (TPSA) is 72.6 Å². The second kappa shape index (κ2) is 6.98. The van der Waals surface area contributed by atoms with E-state index in [1.54, 1.807) is 6.92 Å². The molecule has 1 unspecified atom stereocenters. The van der Waals surface area contributed by atoms with E-state index in [0.717, 1.165) is 31.1 Å². The van der Waals surface area contributed by atoms with Crippen LogP contribution in [-0.4, -0.2) is 58.9 Å². The maximum Gasteiger partial charge on any atom is 0.322 e. The zero-order valence-electron chi connectivity index (χ0n) is 9.68. The molecule has 0 aromatic rings. The minimum Gasteiger partial charge on any atom is -0.465 e. The van der Waals surface area contributed by atoms with E-state index in [-0.39, 0.29) is 5.97 Å². The molecule has 1 aliphatic heterocycles. The van der Waals surface area contributed by atoms with Crippen molar-refractivity contribution in [3.8, 4) is 0 Å². The van der Waals surface area contributed by atoms with Crippen molar-refractivity contribution in [3.63, 3.8) is 0 Å². The summed E-state index contributed by atoms with van der Waals surface area (Å²) in [6.45, 7) is 4.58. The summed E-state index contributed by atoms with van der Waals surface area (Å²) < 4.78 is 16.0. The second-order valence-corrected chi connectivity index (χ2v) is 5.53. The molecule has 5 nitrogen and oxygen atoms in total. The van der Waals surface area contributed by atoms with E-state index in [1.807, 2.05) is 0 Å². The Morgan fingerprint density at radius 3 is 2.69 bits per heavy atom. The van der Waals surface area contributed by atoms with Crippen molar-refractivity contribution in [1.82, 2.24) is 4.90 Å². The number of rotatable bonds is 5. The molecule has 0 aliphatic carbocycles. The van der Waals surface area contributed by atoms with Gasteiger partial charge >= 0.3 is 5.97 Å². The predicted molar refractivity (Wildman–Crippen MR) is 63.5 cm³/mol. The van der Waals surface area contributed by atoms with Gasteiger partial charge in [0.2, 0.25) is 0 Å². The number of esters is 1. The van der Waals surface area contributed by atoms with Gasteiger partial charge < -0.3 is 15.4 Å². The fraction of sp³-hybridized carbons (Fsp3) is 0.900. The lowest BCUT2D eigenvalue weighted by Crippen LogP contribution is -2.42. The lowest BCUT2D eigenvalue weighted by Gasteiger charge is -2.26. The minimum atomic E-state index is -0.652. The Labute approximate surface area is 98.8 Å². The SMILES string of the molecule is CCOC(=O)C(N)CCN1CCS(=O)CC1. The third kappa shape index (κ3) is 4.59. The Morgan fingerprint density at radius 2 is 2.12 bits per heavy atom. The zero-order valence-corrected chi connectivity index (χ0v) is 10.5. The first-order chi connectivity index (χ1) is 7.63. The molecule has 1 aliphatic rings. The number of hydrogen-bond donors (Lipinski definition) is 1. The van der Waals surface area contributed by atoms with E-state index in [0.29, 0.717) is 13.0 Å². The summed E-state index contributed by atoms with van der Waals surface area (Å²) in [6.07, 6.45) is 0.603. The molecule has 0 aromatic heterocycles. The van der Waals surface area contributed by atoms with E-state index in [4.69, 9.17) is 10.5 Å². The molecule has 0 amide bonds. The highest BCUT2D eigenvalue weighted by Crippen LogP contribution is 2.02. The summed E-state index contributed by atoms with van der Waals surface area (Å²) in [5.41, 5.74) is 5.69. The Bertz CT molecular complexity index is 250. The molecule has 6 heteroatoms. The van der Waals surface area contributed by atoms with Gasteiger partial charge in [0.1, 0.15) is 6.04 Å². The van der Waals surface area contributed by atoms with Gasteiger partial charge in [0.05, 0.1) is 6.61 Å². The maximum atomic E-state index is 11.3. The van der Waals surface area contributed by atoms with Gasteiger partial charge in [-0.2, -0.15) is 0 Å². The van der Waals surface area contributed by atoms with E-state index in [1.165, 1.54) is 0 Å². The van der Waals surface area contributed by atoms with Gasteiger partial charge in [0, 0.05) is 41.9 Å². The molecule has 0 aromatic carbocycles. The van der Waals surface area contributed by atoms with E-state index < -0.39 is 16.8 Å². The molecule has 0 saturated carbocycles. The lowest BCUT2D eigenvalue weighted by molar-refractivity contribution is -0.144.